The molecule has 2 aliphatic rings. The highest BCUT2D eigenvalue weighted by atomic mass is 16.5. The molecule has 3 aromatic heterocycles. The van der Waals surface area contributed by atoms with Gasteiger partial charge < -0.3 is 14.5 Å². The summed E-state index contributed by atoms with van der Waals surface area (Å²) in [7, 11) is 2.18. The van der Waals surface area contributed by atoms with Crippen LogP contribution < -0.4 is 5.32 Å². The number of aryl methyl sites for hydroxylation is 1. The van der Waals surface area contributed by atoms with Crippen molar-refractivity contribution in [3.8, 4) is 11.5 Å². The minimum absolute atomic E-state index is 0.0243. The third-order valence-electron chi connectivity index (χ3n) is 6.54. The minimum atomic E-state index is 0.0243. The number of pyridine rings is 2. The number of rotatable bonds is 5. The van der Waals surface area contributed by atoms with Gasteiger partial charge in [-0.15, -0.1) is 0 Å². The van der Waals surface area contributed by atoms with Crippen molar-refractivity contribution in [1.82, 2.24) is 19.9 Å². The molecule has 162 valence electrons. The van der Waals surface area contributed by atoms with Crippen molar-refractivity contribution in [3.63, 3.8) is 0 Å². The van der Waals surface area contributed by atoms with Crippen LogP contribution in [0.25, 0.3) is 22.4 Å². The Labute approximate surface area is 181 Å². The SMILES string of the molecule is Cc1ncc(-c2ccc3cnc(NC(=O)[C@H]4CC[C@H](N(C)C5COC5)CC4)cc3n2)o1. The highest BCUT2D eigenvalue weighted by Gasteiger charge is 2.33. The first-order valence-electron chi connectivity index (χ1n) is 10.9. The summed E-state index contributed by atoms with van der Waals surface area (Å²) in [6.07, 6.45) is 7.28. The summed E-state index contributed by atoms with van der Waals surface area (Å²) in [6.45, 7) is 3.46. The molecule has 31 heavy (non-hydrogen) atoms. The first-order valence-corrected chi connectivity index (χ1v) is 10.9. The van der Waals surface area contributed by atoms with Crippen molar-refractivity contribution in [2.24, 2.45) is 5.92 Å². The molecule has 3 aromatic rings. The van der Waals surface area contributed by atoms with E-state index < -0.39 is 0 Å². The van der Waals surface area contributed by atoms with Crippen LogP contribution in [0.5, 0.6) is 0 Å². The molecule has 2 fully saturated rings. The lowest BCUT2D eigenvalue weighted by Crippen LogP contribution is -2.52. The predicted octanol–water partition coefficient (Wildman–Crippen LogP) is 3.42. The third-order valence-corrected chi connectivity index (χ3v) is 6.54. The Bertz CT molecular complexity index is 1090. The van der Waals surface area contributed by atoms with E-state index in [2.05, 4.69) is 32.2 Å². The zero-order chi connectivity index (χ0) is 21.4. The van der Waals surface area contributed by atoms with Crippen LogP contribution in [0.4, 0.5) is 5.82 Å². The minimum Gasteiger partial charge on any atom is -0.439 e. The number of aromatic nitrogens is 3. The van der Waals surface area contributed by atoms with Crippen LogP contribution >= 0.6 is 0 Å². The smallest absolute Gasteiger partial charge is 0.228 e. The molecule has 1 N–H and O–H groups in total. The first kappa shape index (κ1) is 20.1. The second-order valence-electron chi connectivity index (χ2n) is 8.55. The molecular weight excluding hydrogens is 394 g/mol. The van der Waals surface area contributed by atoms with Gasteiger partial charge in [0.15, 0.2) is 11.7 Å². The molecule has 1 aliphatic heterocycles. The molecule has 1 aliphatic carbocycles. The lowest BCUT2D eigenvalue weighted by Gasteiger charge is -2.42. The molecule has 4 heterocycles. The van der Waals surface area contributed by atoms with Crippen LogP contribution in [-0.2, 0) is 9.53 Å². The van der Waals surface area contributed by atoms with Crippen LogP contribution in [0.2, 0.25) is 0 Å². The van der Waals surface area contributed by atoms with Crippen LogP contribution in [0.3, 0.4) is 0 Å². The van der Waals surface area contributed by atoms with Crippen molar-refractivity contribution in [3.05, 3.63) is 36.5 Å². The second-order valence-corrected chi connectivity index (χ2v) is 8.55. The molecule has 0 radical (unpaired) electrons. The monoisotopic (exact) mass is 421 g/mol. The number of fused-ring (bicyclic) bond motifs is 1. The fraction of sp³-hybridized carbons (Fsp3) is 0.478. The van der Waals surface area contributed by atoms with Gasteiger partial charge in [-0.1, -0.05) is 0 Å². The number of hydrogen-bond acceptors (Lipinski definition) is 7. The van der Waals surface area contributed by atoms with Crippen molar-refractivity contribution >= 4 is 22.6 Å². The Morgan fingerprint density at radius 1 is 1.10 bits per heavy atom. The van der Waals surface area contributed by atoms with Gasteiger partial charge in [0.1, 0.15) is 11.5 Å². The van der Waals surface area contributed by atoms with E-state index in [1.807, 2.05) is 18.2 Å². The van der Waals surface area contributed by atoms with Gasteiger partial charge in [-0.2, -0.15) is 0 Å². The summed E-state index contributed by atoms with van der Waals surface area (Å²) < 4.78 is 10.9. The summed E-state index contributed by atoms with van der Waals surface area (Å²) in [6, 6.07) is 6.72. The fourth-order valence-corrected chi connectivity index (χ4v) is 4.43. The molecule has 8 heteroatoms. The lowest BCUT2D eigenvalue weighted by atomic mass is 9.84. The van der Waals surface area contributed by atoms with Crippen LogP contribution in [0.15, 0.2) is 35.0 Å². The van der Waals surface area contributed by atoms with Crippen molar-refractivity contribution in [2.45, 2.75) is 44.7 Å². The van der Waals surface area contributed by atoms with Gasteiger partial charge in [-0.05, 0) is 44.9 Å². The maximum absolute atomic E-state index is 12.8. The Morgan fingerprint density at radius 2 is 1.90 bits per heavy atom. The lowest BCUT2D eigenvalue weighted by molar-refractivity contribution is -0.121. The van der Waals surface area contributed by atoms with Gasteiger partial charge in [0.25, 0.3) is 0 Å². The average molecular weight is 422 g/mol. The maximum Gasteiger partial charge on any atom is 0.228 e. The van der Waals surface area contributed by atoms with Gasteiger partial charge in [0.2, 0.25) is 5.91 Å². The molecule has 1 saturated carbocycles. The molecule has 1 amide bonds. The normalized spacial score (nSPS) is 21.9. The molecule has 0 bridgehead atoms. The van der Waals surface area contributed by atoms with Crippen molar-refractivity contribution < 1.29 is 13.9 Å². The molecule has 0 unspecified atom stereocenters. The van der Waals surface area contributed by atoms with Crippen LogP contribution in [-0.4, -0.2) is 58.1 Å². The molecule has 8 nitrogen and oxygen atoms in total. The quantitative estimate of drug-likeness (QED) is 0.675. The topological polar surface area (TPSA) is 93.4 Å². The number of amides is 1. The van der Waals surface area contributed by atoms with E-state index in [1.54, 1.807) is 19.3 Å². The highest BCUT2D eigenvalue weighted by molar-refractivity contribution is 5.93. The van der Waals surface area contributed by atoms with E-state index in [1.165, 1.54) is 0 Å². The molecule has 5 rings (SSSR count). The number of likely N-dealkylation sites (N-methyl/N-ethyl adjacent to an activating group) is 1. The Kier molecular flexibility index (Phi) is 5.41. The highest BCUT2D eigenvalue weighted by Crippen LogP contribution is 2.30. The number of carbonyl (C=O) groups excluding carboxylic acids is 1. The summed E-state index contributed by atoms with van der Waals surface area (Å²) in [4.78, 5) is 28.5. The first-order chi connectivity index (χ1) is 15.1. The number of carbonyl (C=O) groups is 1. The summed E-state index contributed by atoms with van der Waals surface area (Å²) in [5, 5.41) is 3.90. The number of hydrogen-bond donors (Lipinski definition) is 1. The van der Waals surface area contributed by atoms with Gasteiger partial charge in [0.05, 0.1) is 31.0 Å². The molecular formula is C23H27N5O3. The summed E-state index contributed by atoms with van der Waals surface area (Å²) in [5.41, 5.74) is 1.46. The van der Waals surface area contributed by atoms with Crippen molar-refractivity contribution in [2.75, 3.05) is 25.6 Å². The fourth-order valence-electron chi connectivity index (χ4n) is 4.43. The number of nitrogens with one attached hydrogen (secondary N) is 1. The van der Waals surface area contributed by atoms with Gasteiger partial charge in [-0.3, -0.25) is 9.69 Å². The molecule has 1 saturated heterocycles. The third kappa shape index (κ3) is 4.18. The van der Waals surface area contributed by atoms with E-state index in [-0.39, 0.29) is 11.8 Å². The number of nitrogens with zero attached hydrogens (tertiary/aromatic N) is 4. The molecule has 0 atom stereocenters. The van der Waals surface area contributed by atoms with E-state index in [4.69, 9.17) is 9.15 Å². The zero-order valence-corrected chi connectivity index (χ0v) is 17.9. The maximum atomic E-state index is 12.8. The number of oxazole rings is 1. The summed E-state index contributed by atoms with van der Waals surface area (Å²) >= 11 is 0. The van der Waals surface area contributed by atoms with Gasteiger partial charge >= 0.3 is 0 Å². The predicted molar refractivity (Wildman–Crippen MR) is 117 cm³/mol. The van der Waals surface area contributed by atoms with E-state index in [0.29, 0.717) is 35.2 Å². The summed E-state index contributed by atoms with van der Waals surface area (Å²) in [5.74, 6) is 1.82. The Morgan fingerprint density at radius 3 is 2.58 bits per heavy atom. The van der Waals surface area contributed by atoms with Crippen LogP contribution in [0, 0.1) is 12.8 Å². The second kappa shape index (κ2) is 8.36. The number of anilines is 1. The van der Waals surface area contributed by atoms with Gasteiger partial charge in [-0.25, -0.2) is 15.0 Å². The Balaban J connectivity index is 1.24. The Hall–Kier alpha value is -2.84. The van der Waals surface area contributed by atoms with E-state index >= 15 is 0 Å². The van der Waals surface area contributed by atoms with Gasteiger partial charge in [0, 0.05) is 36.5 Å². The van der Waals surface area contributed by atoms with Crippen LogP contribution in [0.1, 0.15) is 31.6 Å². The zero-order valence-electron chi connectivity index (χ0n) is 17.9. The standard InChI is InChI=1S/C23H27N5O3/c1-14-24-11-21(31-14)19-8-5-16-10-25-22(9-20(16)26-19)27-23(29)15-3-6-17(7-4-15)28(2)18-12-30-13-18/h5,8-11,15,17-18H,3-4,6-7,12-13H2,1-2H3,(H,25,27,29)/t15-,17-. The van der Waals surface area contributed by atoms with E-state index in [9.17, 15) is 4.79 Å². The van der Waals surface area contributed by atoms with E-state index in [0.717, 1.165) is 49.8 Å². The molecule has 0 aromatic carbocycles. The number of ether oxygens (including phenoxy) is 1. The average Bonchev–Trinajstić information content (AvgIpc) is 3.18. The largest absolute Gasteiger partial charge is 0.439 e. The molecule has 0 spiro atoms. The van der Waals surface area contributed by atoms with Crippen molar-refractivity contribution in [1.29, 1.82) is 0 Å².